The minimum atomic E-state index is -0.279. The first-order valence-corrected chi connectivity index (χ1v) is 11.2. The molecule has 6 heteroatoms. The molecule has 4 aromatic rings. The predicted molar refractivity (Wildman–Crippen MR) is 129 cm³/mol. The Morgan fingerprint density at radius 3 is 2.28 bits per heavy atom. The SMILES string of the molecule is CCOC(=O)Cc1cc(-c2sc(N=C(c3ccccc3)c3ccccc3)nc2C)ccn1. The molecule has 2 aromatic carbocycles. The molecule has 5 nitrogen and oxygen atoms in total. The highest BCUT2D eigenvalue weighted by Gasteiger charge is 2.14. The van der Waals surface area contributed by atoms with Crippen LogP contribution in [0.25, 0.3) is 10.4 Å². The molecule has 4 rings (SSSR count). The van der Waals surface area contributed by atoms with Gasteiger partial charge in [-0.15, -0.1) is 0 Å². The number of ether oxygens (including phenoxy) is 1. The minimum Gasteiger partial charge on any atom is -0.466 e. The van der Waals surface area contributed by atoms with Crippen LogP contribution < -0.4 is 0 Å². The molecule has 0 saturated carbocycles. The van der Waals surface area contributed by atoms with Crippen LogP contribution in [0.15, 0.2) is 84.0 Å². The standard InChI is InChI=1S/C26H23N3O2S/c1-3-31-23(30)17-22-16-21(14-15-27-22)25-18(2)28-26(32-25)29-24(19-10-6-4-7-11-19)20-12-8-5-9-13-20/h4-16H,3,17H2,1-2H3. The van der Waals surface area contributed by atoms with E-state index in [1.807, 2.05) is 55.5 Å². The maximum atomic E-state index is 11.8. The fraction of sp³-hybridized carbons (Fsp3) is 0.154. The average Bonchev–Trinajstić information content (AvgIpc) is 3.19. The molecule has 0 amide bonds. The van der Waals surface area contributed by atoms with Crippen molar-refractivity contribution in [3.63, 3.8) is 0 Å². The van der Waals surface area contributed by atoms with Gasteiger partial charge in [0.25, 0.3) is 0 Å². The van der Waals surface area contributed by atoms with Gasteiger partial charge in [0, 0.05) is 17.3 Å². The highest BCUT2D eigenvalue weighted by molar-refractivity contribution is 7.18. The minimum absolute atomic E-state index is 0.150. The number of carbonyl (C=O) groups excluding carboxylic acids is 1. The molecule has 0 unspecified atom stereocenters. The van der Waals surface area contributed by atoms with Crippen molar-refractivity contribution in [2.24, 2.45) is 4.99 Å². The van der Waals surface area contributed by atoms with E-state index < -0.39 is 0 Å². The van der Waals surface area contributed by atoms with Crippen molar-refractivity contribution in [2.45, 2.75) is 20.3 Å². The Hall–Kier alpha value is -3.64. The third-order valence-electron chi connectivity index (χ3n) is 4.80. The van der Waals surface area contributed by atoms with Crippen LogP contribution in [-0.2, 0) is 16.0 Å². The van der Waals surface area contributed by atoms with Gasteiger partial charge in [0.1, 0.15) is 0 Å². The lowest BCUT2D eigenvalue weighted by Gasteiger charge is -2.06. The molecule has 0 aliphatic carbocycles. The second-order valence-corrected chi connectivity index (χ2v) is 8.10. The number of benzene rings is 2. The van der Waals surface area contributed by atoms with Crippen molar-refractivity contribution < 1.29 is 9.53 Å². The highest BCUT2D eigenvalue weighted by Crippen LogP contribution is 2.35. The van der Waals surface area contributed by atoms with Gasteiger partial charge in [0.05, 0.1) is 35.0 Å². The van der Waals surface area contributed by atoms with Gasteiger partial charge in [-0.2, -0.15) is 0 Å². The van der Waals surface area contributed by atoms with Gasteiger partial charge < -0.3 is 4.74 Å². The number of thiazole rings is 1. The Morgan fingerprint density at radius 2 is 1.66 bits per heavy atom. The van der Waals surface area contributed by atoms with Crippen LogP contribution in [0.1, 0.15) is 29.4 Å². The summed E-state index contributed by atoms with van der Waals surface area (Å²) in [4.78, 5) is 26.8. The molecule has 0 bridgehead atoms. The zero-order valence-corrected chi connectivity index (χ0v) is 18.8. The average molecular weight is 442 g/mol. The zero-order chi connectivity index (χ0) is 22.3. The number of aromatic nitrogens is 2. The molecule has 0 aliphatic rings. The first kappa shape index (κ1) is 21.6. The van der Waals surface area contributed by atoms with Crippen molar-refractivity contribution in [2.75, 3.05) is 6.61 Å². The van der Waals surface area contributed by atoms with Gasteiger partial charge in [-0.3, -0.25) is 9.78 Å². The van der Waals surface area contributed by atoms with Crippen molar-refractivity contribution in [3.05, 3.63) is 102 Å². The Bertz CT molecular complexity index is 1190. The van der Waals surface area contributed by atoms with Crippen LogP contribution in [-0.4, -0.2) is 28.3 Å². The Kier molecular flexibility index (Phi) is 6.82. The summed E-state index contributed by atoms with van der Waals surface area (Å²) in [6, 6.07) is 24.1. The van der Waals surface area contributed by atoms with E-state index in [0.29, 0.717) is 17.4 Å². The number of hydrogen-bond acceptors (Lipinski definition) is 6. The summed E-state index contributed by atoms with van der Waals surface area (Å²) in [5, 5.41) is 0.684. The Balaban J connectivity index is 1.70. The van der Waals surface area contributed by atoms with Crippen LogP contribution in [0.3, 0.4) is 0 Å². The van der Waals surface area contributed by atoms with Crippen LogP contribution >= 0.6 is 11.3 Å². The fourth-order valence-corrected chi connectivity index (χ4v) is 4.30. The van der Waals surface area contributed by atoms with Gasteiger partial charge in [-0.25, -0.2) is 9.98 Å². The van der Waals surface area contributed by atoms with E-state index in [1.54, 1.807) is 13.1 Å². The zero-order valence-electron chi connectivity index (χ0n) is 18.0. The molecule has 160 valence electrons. The number of rotatable bonds is 7. The topological polar surface area (TPSA) is 64.4 Å². The molecule has 32 heavy (non-hydrogen) atoms. The molecule has 0 radical (unpaired) electrons. The summed E-state index contributed by atoms with van der Waals surface area (Å²) in [6.45, 7) is 4.13. The largest absolute Gasteiger partial charge is 0.466 e. The third-order valence-corrected chi connectivity index (χ3v) is 5.90. The number of nitrogens with zero attached hydrogens (tertiary/aromatic N) is 3. The number of esters is 1. The van der Waals surface area contributed by atoms with Crippen molar-refractivity contribution in [1.82, 2.24) is 9.97 Å². The molecule has 0 saturated heterocycles. The quantitative estimate of drug-likeness (QED) is 0.269. The second-order valence-electron chi connectivity index (χ2n) is 7.12. The van der Waals surface area contributed by atoms with E-state index in [9.17, 15) is 4.79 Å². The van der Waals surface area contributed by atoms with E-state index in [4.69, 9.17) is 14.7 Å². The van der Waals surface area contributed by atoms with Gasteiger partial charge in [-0.05, 0) is 31.5 Å². The normalized spacial score (nSPS) is 10.6. The summed E-state index contributed by atoms with van der Waals surface area (Å²) in [5.74, 6) is -0.279. The lowest BCUT2D eigenvalue weighted by atomic mass is 10.0. The summed E-state index contributed by atoms with van der Waals surface area (Å²) in [7, 11) is 0. The molecule has 0 N–H and O–H groups in total. The highest BCUT2D eigenvalue weighted by atomic mass is 32.1. The molecule has 2 heterocycles. The molecule has 0 fully saturated rings. The number of aliphatic imine (C=N–C) groups is 1. The summed E-state index contributed by atoms with van der Waals surface area (Å²) in [6.07, 6.45) is 1.86. The first-order chi connectivity index (χ1) is 15.6. The van der Waals surface area contributed by atoms with Crippen LogP contribution in [0.5, 0.6) is 0 Å². The second kappa shape index (κ2) is 10.1. The molecular formula is C26H23N3O2S. The number of pyridine rings is 1. The fourth-order valence-electron chi connectivity index (χ4n) is 3.36. The molecule has 2 aromatic heterocycles. The van der Waals surface area contributed by atoms with Crippen molar-refractivity contribution in [1.29, 1.82) is 0 Å². The Morgan fingerprint density at radius 1 is 1.00 bits per heavy atom. The smallest absolute Gasteiger partial charge is 0.311 e. The first-order valence-electron chi connectivity index (χ1n) is 10.4. The lowest BCUT2D eigenvalue weighted by Crippen LogP contribution is -2.08. The molecule has 0 aliphatic heterocycles. The maximum absolute atomic E-state index is 11.8. The van der Waals surface area contributed by atoms with Gasteiger partial charge in [-0.1, -0.05) is 72.0 Å². The number of carbonyl (C=O) groups is 1. The van der Waals surface area contributed by atoms with E-state index in [1.165, 1.54) is 11.3 Å². The van der Waals surface area contributed by atoms with Crippen LogP contribution in [0, 0.1) is 6.92 Å². The summed E-state index contributed by atoms with van der Waals surface area (Å²) in [5.41, 5.74) is 5.49. The molecule has 0 spiro atoms. The molecular weight excluding hydrogens is 418 g/mol. The monoisotopic (exact) mass is 441 g/mol. The van der Waals surface area contributed by atoms with E-state index in [2.05, 4.69) is 29.2 Å². The summed E-state index contributed by atoms with van der Waals surface area (Å²) < 4.78 is 5.04. The summed E-state index contributed by atoms with van der Waals surface area (Å²) >= 11 is 1.53. The van der Waals surface area contributed by atoms with E-state index in [0.717, 1.165) is 33.0 Å². The Labute approximate surface area is 191 Å². The number of hydrogen-bond donors (Lipinski definition) is 0. The van der Waals surface area contributed by atoms with Crippen LogP contribution in [0.2, 0.25) is 0 Å². The van der Waals surface area contributed by atoms with Gasteiger partial charge in [0.2, 0.25) is 5.13 Å². The molecule has 0 atom stereocenters. The third kappa shape index (κ3) is 5.15. The lowest BCUT2D eigenvalue weighted by molar-refractivity contribution is -0.142. The van der Waals surface area contributed by atoms with Crippen LogP contribution in [0.4, 0.5) is 5.13 Å². The van der Waals surface area contributed by atoms with Crippen molar-refractivity contribution >= 4 is 28.1 Å². The van der Waals surface area contributed by atoms with Gasteiger partial charge >= 0.3 is 5.97 Å². The predicted octanol–water partition coefficient (Wildman–Crippen LogP) is 5.79. The van der Waals surface area contributed by atoms with Crippen molar-refractivity contribution in [3.8, 4) is 10.4 Å². The number of aryl methyl sites for hydroxylation is 1. The van der Waals surface area contributed by atoms with E-state index in [-0.39, 0.29) is 12.4 Å². The maximum Gasteiger partial charge on any atom is 0.311 e. The van der Waals surface area contributed by atoms with E-state index >= 15 is 0 Å². The van der Waals surface area contributed by atoms with Gasteiger partial charge in [0.15, 0.2) is 0 Å².